The smallest absolute Gasteiger partial charge is 0.331 e. The Balaban J connectivity index is 1.48. The number of allylic oxidation sites excluding steroid dienone is 1. The highest BCUT2D eigenvalue weighted by Gasteiger charge is 2.33. The molecule has 3 heterocycles. The molecule has 4 aromatic rings. The minimum absolute atomic E-state index is 0.0455. The quantitative estimate of drug-likeness (QED) is 0.358. The third kappa shape index (κ3) is 4.12. The summed E-state index contributed by atoms with van der Waals surface area (Å²) in [5.74, 6) is -1.49. The Labute approximate surface area is 189 Å². The van der Waals surface area contributed by atoms with Gasteiger partial charge in [-0.15, -0.1) is 0 Å². The van der Waals surface area contributed by atoms with Gasteiger partial charge in [0.25, 0.3) is 11.8 Å². The van der Waals surface area contributed by atoms with E-state index in [0.29, 0.717) is 6.07 Å². The maximum atomic E-state index is 13.4. The van der Waals surface area contributed by atoms with Gasteiger partial charge in [0.05, 0.1) is 16.6 Å². The number of pyridine rings is 1. The van der Waals surface area contributed by atoms with Crippen LogP contribution >= 0.6 is 0 Å². The molecule has 0 bridgehead atoms. The normalized spacial score (nSPS) is 13.0. The van der Waals surface area contributed by atoms with E-state index in [0.717, 1.165) is 30.0 Å². The number of nitrogens with one attached hydrogen (secondary N) is 4. The van der Waals surface area contributed by atoms with E-state index in [-0.39, 0.29) is 34.2 Å². The van der Waals surface area contributed by atoms with Gasteiger partial charge in [0, 0.05) is 18.6 Å². The monoisotopic (exact) mass is 467 g/mol. The number of aryl methyl sites for hydroxylation is 1. The Bertz CT molecular complexity index is 1440. The third-order valence-corrected chi connectivity index (χ3v) is 5.26. The fraction of sp³-hybridized carbons (Fsp3) is 0.136. The summed E-state index contributed by atoms with van der Waals surface area (Å²) in [6.07, 6.45) is 5.29. The van der Waals surface area contributed by atoms with Crippen LogP contribution in [-0.2, 0) is 12.6 Å². The molecule has 1 aromatic carbocycles. The molecule has 0 radical (unpaired) electrons. The first-order valence-electron chi connectivity index (χ1n) is 10.2. The Morgan fingerprint density at radius 3 is 2.62 bits per heavy atom. The summed E-state index contributed by atoms with van der Waals surface area (Å²) in [7, 11) is 0. The molecule has 0 fully saturated rings. The molecule has 0 saturated heterocycles. The number of hydrogen-bond acceptors (Lipinski definition) is 5. The molecule has 12 heteroatoms. The fourth-order valence-electron chi connectivity index (χ4n) is 3.64. The highest BCUT2D eigenvalue weighted by Crippen LogP contribution is 2.33. The number of carbonyl (C=O) groups is 2. The van der Waals surface area contributed by atoms with Gasteiger partial charge >= 0.3 is 6.18 Å². The number of carbonyl (C=O) groups excluding carboxylic acids is 2. The van der Waals surface area contributed by atoms with Gasteiger partial charge < -0.3 is 9.97 Å². The fourth-order valence-corrected chi connectivity index (χ4v) is 3.64. The number of rotatable bonds is 4. The molecule has 2 amide bonds. The molecule has 1 aliphatic carbocycles. The highest BCUT2D eigenvalue weighted by molar-refractivity contribution is 6.12. The van der Waals surface area contributed by atoms with E-state index in [9.17, 15) is 22.8 Å². The lowest BCUT2D eigenvalue weighted by atomic mass is 9.99. The van der Waals surface area contributed by atoms with Crippen molar-refractivity contribution >= 4 is 40.8 Å². The number of benzene rings is 1. The summed E-state index contributed by atoms with van der Waals surface area (Å²) in [5, 5.41) is 4.89. The second-order valence-electron chi connectivity index (χ2n) is 7.56. The first kappa shape index (κ1) is 21.4. The molecule has 0 saturated carbocycles. The zero-order chi connectivity index (χ0) is 23.9. The van der Waals surface area contributed by atoms with Crippen molar-refractivity contribution in [2.45, 2.75) is 19.0 Å². The van der Waals surface area contributed by atoms with Crippen LogP contribution in [0, 0.1) is 0 Å². The van der Waals surface area contributed by atoms with E-state index in [1.807, 2.05) is 12.2 Å². The van der Waals surface area contributed by atoms with Gasteiger partial charge in [-0.25, -0.2) is 9.97 Å². The molecule has 0 unspecified atom stereocenters. The zero-order valence-corrected chi connectivity index (χ0v) is 17.3. The number of aromatic nitrogens is 5. The number of H-pyrrole nitrogens is 2. The second kappa shape index (κ2) is 8.14. The topological polar surface area (TPSA) is 128 Å². The van der Waals surface area contributed by atoms with Gasteiger partial charge in [-0.05, 0) is 42.2 Å². The average molecular weight is 467 g/mol. The third-order valence-electron chi connectivity index (χ3n) is 5.26. The first-order chi connectivity index (χ1) is 16.3. The summed E-state index contributed by atoms with van der Waals surface area (Å²) in [6, 6.07) is 3.19. The molecular formula is C22H16F3N7O2. The molecule has 4 N–H and O–H groups in total. The Morgan fingerprint density at radius 2 is 1.85 bits per heavy atom. The number of nitrogens with zero attached hydrogens (tertiary/aromatic N) is 3. The Hall–Kier alpha value is -4.48. The van der Waals surface area contributed by atoms with Crippen LogP contribution in [0.15, 0.2) is 42.9 Å². The van der Waals surface area contributed by atoms with Crippen LogP contribution in [0.5, 0.6) is 0 Å². The summed E-state index contributed by atoms with van der Waals surface area (Å²) in [6.45, 7) is 0. The molecule has 172 valence electrons. The highest BCUT2D eigenvalue weighted by atomic mass is 19.4. The molecule has 1 aliphatic rings. The average Bonchev–Trinajstić information content (AvgIpc) is 3.46. The van der Waals surface area contributed by atoms with Crippen LogP contribution in [0.1, 0.15) is 44.0 Å². The largest absolute Gasteiger partial charge is 0.416 e. The van der Waals surface area contributed by atoms with Crippen LogP contribution in [0.25, 0.3) is 17.1 Å². The van der Waals surface area contributed by atoms with E-state index < -0.39 is 23.6 Å². The van der Waals surface area contributed by atoms with Crippen molar-refractivity contribution in [1.29, 1.82) is 0 Å². The Morgan fingerprint density at radius 1 is 1.03 bits per heavy atom. The van der Waals surface area contributed by atoms with Crippen LogP contribution in [0.2, 0.25) is 0 Å². The minimum atomic E-state index is -4.70. The van der Waals surface area contributed by atoms with Crippen molar-refractivity contribution in [3.63, 3.8) is 0 Å². The minimum Gasteiger partial charge on any atom is -0.331 e. The van der Waals surface area contributed by atoms with Gasteiger partial charge in [-0.2, -0.15) is 13.2 Å². The van der Waals surface area contributed by atoms with Crippen LogP contribution < -0.4 is 10.6 Å². The van der Waals surface area contributed by atoms with Crippen molar-refractivity contribution in [2.24, 2.45) is 0 Å². The molecule has 0 spiro atoms. The molecular weight excluding hydrogens is 451 g/mol. The van der Waals surface area contributed by atoms with Crippen molar-refractivity contribution in [1.82, 2.24) is 24.9 Å². The standard InChI is InChI=1S/C22H16F3N7O2/c23-22(24,25)13-8-14(18(33)31-20-26-5-6-27-20)17-15(9-13)29-21(30-17)32-19(34)16-7-11-3-1-2-4-12(11)10-28-16/h2,4-10H,1,3H2,(H2,26,27,31,33)(H2,29,30,32,34). The maximum absolute atomic E-state index is 13.4. The predicted octanol–water partition coefficient (Wildman–Crippen LogP) is 4.16. The number of alkyl halides is 3. The van der Waals surface area contributed by atoms with Crippen LogP contribution in [-0.4, -0.2) is 36.7 Å². The van der Waals surface area contributed by atoms with Gasteiger partial charge in [0.15, 0.2) is 0 Å². The number of imidazole rings is 2. The molecule has 34 heavy (non-hydrogen) atoms. The number of aromatic amines is 2. The summed E-state index contributed by atoms with van der Waals surface area (Å²) in [5.41, 5.74) is 0.542. The van der Waals surface area contributed by atoms with Gasteiger partial charge in [-0.1, -0.05) is 12.2 Å². The lowest BCUT2D eigenvalue weighted by molar-refractivity contribution is -0.137. The van der Waals surface area contributed by atoms with Crippen molar-refractivity contribution in [3.05, 3.63) is 70.8 Å². The van der Waals surface area contributed by atoms with Crippen LogP contribution in [0.3, 0.4) is 0 Å². The molecule has 3 aromatic heterocycles. The predicted molar refractivity (Wildman–Crippen MR) is 117 cm³/mol. The Kier molecular flexibility index (Phi) is 5.11. The first-order valence-corrected chi connectivity index (χ1v) is 10.2. The van der Waals surface area contributed by atoms with Crippen molar-refractivity contribution in [2.75, 3.05) is 10.6 Å². The van der Waals surface area contributed by atoms with Gasteiger partial charge in [-0.3, -0.25) is 25.2 Å². The summed E-state index contributed by atoms with van der Waals surface area (Å²) >= 11 is 0. The van der Waals surface area contributed by atoms with E-state index >= 15 is 0 Å². The van der Waals surface area contributed by atoms with Gasteiger partial charge in [0.1, 0.15) is 11.2 Å². The van der Waals surface area contributed by atoms with Gasteiger partial charge in [0.2, 0.25) is 11.9 Å². The number of halogens is 3. The number of anilines is 2. The van der Waals surface area contributed by atoms with Crippen molar-refractivity contribution in [3.8, 4) is 0 Å². The molecule has 0 atom stereocenters. The molecule has 0 aliphatic heterocycles. The summed E-state index contributed by atoms with van der Waals surface area (Å²) in [4.78, 5) is 42.8. The second-order valence-corrected chi connectivity index (χ2v) is 7.56. The van der Waals surface area contributed by atoms with Crippen molar-refractivity contribution < 1.29 is 22.8 Å². The number of hydrogen-bond donors (Lipinski definition) is 4. The van der Waals surface area contributed by atoms with E-state index in [2.05, 4.69) is 35.6 Å². The van der Waals surface area contributed by atoms with E-state index in [4.69, 9.17) is 0 Å². The molecule has 9 nitrogen and oxygen atoms in total. The maximum Gasteiger partial charge on any atom is 0.416 e. The number of fused-ring (bicyclic) bond motifs is 2. The van der Waals surface area contributed by atoms with E-state index in [1.165, 1.54) is 12.4 Å². The van der Waals surface area contributed by atoms with Crippen LogP contribution in [0.4, 0.5) is 25.1 Å². The molecule has 5 rings (SSSR count). The summed E-state index contributed by atoms with van der Waals surface area (Å²) < 4.78 is 40.3. The SMILES string of the molecule is O=C(Nc1nc2c(C(=O)Nc3ncc[nH]3)cc(C(F)(F)F)cc2[nH]1)c1cc2c(cn1)C=CCC2. The number of amides is 2. The van der Waals surface area contributed by atoms with E-state index in [1.54, 1.807) is 12.3 Å². The lowest BCUT2D eigenvalue weighted by Crippen LogP contribution is -2.16. The zero-order valence-electron chi connectivity index (χ0n) is 17.3. The lowest BCUT2D eigenvalue weighted by Gasteiger charge is -2.10.